The fraction of sp³-hybridized carbons (Fsp3) is 0.154. The van der Waals surface area contributed by atoms with Crippen molar-refractivity contribution < 1.29 is 9.90 Å². The maximum atomic E-state index is 11.8. The first-order valence-electron chi connectivity index (χ1n) is 5.86. The molecule has 0 bridgehead atoms. The molecule has 1 unspecified atom stereocenters. The van der Waals surface area contributed by atoms with E-state index in [-0.39, 0.29) is 18.1 Å². The minimum Gasteiger partial charge on any atom is -0.387 e. The number of aliphatic hydroxyl groups is 1. The van der Waals surface area contributed by atoms with Gasteiger partial charge in [0.15, 0.2) is 11.5 Å². The van der Waals surface area contributed by atoms with Crippen molar-refractivity contribution in [1.82, 2.24) is 15.3 Å². The first-order chi connectivity index (χ1) is 9.58. The number of hydrogen-bond acceptors (Lipinski definition) is 5. The molecule has 0 spiro atoms. The van der Waals surface area contributed by atoms with Crippen molar-refractivity contribution in [3.05, 3.63) is 52.9 Å². The van der Waals surface area contributed by atoms with Crippen molar-refractivity contribution >= 4 is 23.3 Å². The van der Waals surface area contributed by atoms with E-state index in [2.05, 4.69) is 15.3 Å². The maximum absolute atomic E-state index is 11.8. The summed E-state index contributed by atoms with van der Waals surface area (Å²) in [5.74, 6) is -0.445. The predicted octanol–water partition coefficient (Wildman–Crippen LogP) is 1.18. The Morgan fingerprint density at radius 1 is 1.40 bits per heavy atom. The highest BCUT2D eigenvalue weighted by Gasteiger charge is 2.14. The van der Waals surface area contributed by atoms with E-state index >= 15 is 0 Å². The first-order valence-corrected chi connectivity index (χ1v) is 6.24. The number of carbonyl (C=O) groups is 1. The van der Waals surface area contributed by atoms with Gasteiger partial charge in [-0.25, -0.2) is 9.97 Å². The highest BCUT2D eigenvalue weighted by Crippen LogP contribution is 2.17. The number of nitrogens with zero attached hydrogens (tertiary/aromatic N) is 2. The van der Waals surface area contributed by atoms with E-state index in [1.165, 1.54) is 12.4 Å². The number of nitrogens with one attached hydrogen (secondary N) is 1. The Morgan fingerprint density at radius 3 is 2.85 bits per heavy atom. The van der Waals surface area contributed by atoms with Crippen molar-refractivity contribution in [3.8, 4) is 0 Å². The molecule has 1 heterocycles. The lowest BCUT2D eigenvalue weighted by molar-refractivity contribution is 0.0912. The lowest BCUT2D eigenvalue weighted by Crippen LogP contribution is -2.30. The van der Waals surface area contributed by atoms with Crippen LogP contribution in [0.5, 0.6) is 0 Å². The summed E-state index contributed by atoms with van der Waals surface area (Å²) in [7, 11) is 0. The molecule has 2 aromatic rings. The Hall–Kier alpha value is -2.18. The number of aromatic nitrogens is 2. The number of carbonyl (C=O) groups excluding carboxylic acids is 1. The Bertz CT molecular complexity index is 621. The Kier molecular flexibility index (Phi) is 4.49. The van der Waals surface area contributed by atoms with Crippen LogP contribution in [0.3, 0.4) is 0 Å². The second kappa shape index (κ2) is 6.31. The quantitative estimate of drug-likeness (QED) is 0.785. The molecular formula is C13H13ClN4O2. The molecule has 0 fully saturated rings. The van der Waals surface area contributed by atoms with E-state index in [0.29, 0.717) is 10.6 Å². The highest BCUT2D eigenvalue weighted by molar-refractivity contribution is 6.30. The van der Waals surface area contributed by atoms with Gasteiger partial charge in [-0.3, -0.25) is 4.79 Å². The molecule has 2 rings (SSSR count). The van der Waals surface area contributed by atoms with Gasteiger partial charge in [0.25, 0.3) is 5.91 Å². The molecule has 0 aliphatic heterocycles. The van der Waals surface area contributed by atoms with E-state index in [4.69, 9.17) is 17.3 Å². The number of nitrogen functional groups attached to an aromatic ring is 1. The van der Waals surface area contributed by atoms with Crippen LogP contribution in [-0.2, 0) is 0 Å². The van der Waals surface area contributed by atoms with Gasteiger partial charge in [0, 0.05) is 24.0 Å². The second-order valence-electron chi connectivity index (χ2n) is 4.07. The third-order valence-corrected chi connectivity index (χ3v) is 2.87. The van der Waals surface area contributed by atoms with Crippen molar-refractivity contribution in [1.29, 1.82) is 0 Å². The summed E-state index contributed by atoms with van der Waals surface area (Å²) >= 11 is 5.84. The zero-order valence-corrected chi connectivity index (χ0v) is 11.2. The molecule has 1 aromatic heterocycles. The van der Waals surface area contributed by atoms with E-state index < -0.39 is 12.0 Å². The number of rotatable bonds is 4. The molecular weight excluding hydrogens is 280 g/mol. The predicted molar refractivity (Wildman–Crippen MR) is 75.2 cm³/mol. The average Bonchev–Trinajstić information content (AvgIpc) is 2.45. The number of hydrogen-bond donors (Lipinski definition) is 3. The van der Waals surface area contributed by atoms with Gasteiger partial charge in [-0.15, -0.1) is 0 Å². The number of aliphatic hydroxyl groups excluding tert-OH is 1. The molecule has 1 atom stereocenters. The molecule has 104 valence electrons. The zero-order chi connectivity index (χ0) is 14.5. The molecule has 4 N–H and O–H groups in total. The Labute approximate surface area is 120 Å². The summed E-state index contributed by atoms with van der Waals surface area (Å²) < 4.78 is 0. The van der Waals surface area contributed by atoms with Crippen molar-refractivity contribution in [2.45, 2.75) is 6.10 Å². The molecule has 0 aliphatic carbocycles. The number of halogens is 1. The fourth-order valence-corrected chi connectivity index (χ4v) is 1.83. The third-order valence-electron chi connectivity index (χ3n) is 2.63. The number of nitrogens with two attached hydrogens (primary N) is 1. The fourth-order valence-electron chi connectivity index (χ4n) is 1.63. The topological polar surface area (TPSA) is 101 Å². The maximum Gasteiger partial charge on any atom is 0.273 e. The summed E-state index contributed by atoms with van der Waals surface area (Å²) in [5, 5.41) is 13.0. The molecule has 0 radical (unpaired) electrons. The van der Waals surface area contributed by atoms with Crippen LogP contribution in [0.1, 0.15) is 22.2 Å². The molecule has 1 amide bonds. The van der Waals surface area contributed by atoms with Crippen LogP contribution < -0.4 is 11.1 Å². The molecule has 6 nitrogen and oxygen atoms in total. The van der Waals surface area contributed by atoms with Crippen molar-refractivity contribution in [3.63, 3.8) is 0 Å². The van der Waals surface area contributed by atoms with E-state index in [0.717, 1.165) is 0 Å². The molecule has 1 aromatic carbocycles. The summed E-state index contributed by atoms with van der Waals surface area (Å²) in [6.07, 6.45) is 1.90. The Balaban J connectivity index is 1.99. The minimum atomic E-state index is -0.865. The van der Waals surface area contributed by atoms with Gasteiger partial charge in [0.05, 0.1) is 6.10 Å². The summed E-state index contributed by atoms with van der Waals surface area (Å²) in [6, 6.07) is 6.79. The largest absolute Gasteiger partial charge is 0.387 e. The minimum absolute atomic E-state index is 0.0230. The lowest BCUT2D eigenvalue weighted by atomic mass is 10.1. The molecule has 0 saturated carbocycles. The van der Waals surface area contributed by atoms with Crippen LogP contribution in [-0.4, -0.2) is 27.5 Å². The second-order valence-corrected chi connectivity index (χ2v) is 4.51. The van der Waals surface area contributed by atoms with Crippen molar-refractivity contribution in [2.75, 3.05) is 12.3 Å². The Morgan fingerprint density at radius 2 is 2.15 bits per heavy atom. The van der Waals surface area contributed by atoms with Gasteiger partial charge in [0.2, 0.25) is 0 Å². The van der Waals surface area contributed by atoms with Gasteiger partial charge in [0.1, 0.15) is 0 Å². The monoisotopic (exact) mass is 292 g/mol. The lowest BCUT2D eigenvalue weighted by Gasteiger charge is -2.12. The van der Waals surface area contributed by atoms with Gasteiger partial charge in [-0.1, -0.05) is 23.7 Å². The van der Waals surface area contributed by atoms with E-state index in [1.54, 1.807) is 24.3 Å². The standard InChI is InChI=1S/C13H13ClN4O2/c14-9-3-1-2-8(6-9)10(19)7-18-13(20)11-12(15)17-5-4-16-11/h1-6,10,19H,7H2,(H2,15,17)(H,18,20). The summed E-state index contributed by atoms with van der Waals surface area (Å²) in [5.41, 5.74) is 6.19. The third kappa shape index (κ3) is 3.43. The van der Waals surface area contributed by atoms with Crippen LogP contribution in [0.2, 0.25) is 5.02 Å². The van der Waals surface area contributed by atoms with E-state index in [1.807, 2.05) is 0 Å². The van der Waals surface area contributed by atoms with Crippen LogP contribution >= 0.6 is 11.6 Å². The van der Waals surface area contributed by atoms with E-state index in [9.17, 15) is 9.90 Å². The number of amides is 1. The first kappa shape index (κ1) is 14.2. The molecule has 20 heavy (non-hydrogen) atoms. The average molecular weight is 293 g/mol. The zero-order valence-electron chi connectivity index (χ0n) is 10.5. The van der Waals surface area contributed by atoms with Crippen molar-refractivity contribution in [2.24, 2.45) is 0 Å². The summed E-state index contributed by atoms with van der Waals surface area (Å²) in [4.78, 5) is 19.4. The van der Waals surface area contributed by atoms with Gasteiger partial charge >= 0.3 is 0 Å². The number of anilines is 1. The van der Waals surface area contributed by atoms with Crippen LogP contribution in [0.15, 0.2) is 36.7 Å². The van der Waals surface area contributed by atoms with Gasteiger partial charge in [-0.05, 0) is 17.7 Å². The van der Waals surface area contributed by atoms with Gasteiger partial charge in [-0.2, -0.15) is 0 Å². The number of benzene rings is 1. The highest BCUT2D eigenvalue weighted by atomic mass is 35.5. The van der Waals surface area contributed by atoms with Crippen LogP contribution in [0.4, 0.5) is 5.82 Å². The normalized spacial score (nSPS) is 11.9. The van der Waals surface area contributed by atoms with Crippen LogP contribution in [0, 0.1) is 0 Å². The molecule has 7 heteroatoms. The summed E-state index contributed by atoms with van der Waals surface area (Å²) in [6.45, 7) is 0.0230. The smallest absolute Gasteiger partial charge is 0.273 e. The van der Waals surface area contributed by atoms with Gasteiger partial charge < -0.3 is 16.2 Å². The SMILES string of the molecule is Nc1nccnc1C(=O)NCC(O)c1cccc(Cl)c1. The van der Waals surface area contributed by atoms with Crippen LogP contribution in [0.25, 0.3) is 0 Å². The molecule has 0 aliphatic rings. The molecule has 0 saturated heterocycles.